The normalized spacial score (nSPS) is 15.4. The molecule has 4 rings (SSSR count). The van der Waals surface area contributed by atoms with Gasteiger partial charge in [0.05, 0.1) is 11.9 Å². The van der Waals surface area contributed by atoms with Gasteiger partial charge in [0.25, 0.3) is 5.56 Å². The van der Waals surface area contributed by atoms with Crippen molar-refractivity contribution < 1.29 is 9.32 Å². The molecule has 1 amide bonds. The first-order valence-corrected chi connectivity index (χ1v) is 8.79. The van der Waals surface area contributed by atoms with E-state index in [2.05, 4.69) is 20.7 Å². The second kappa shape index (κ2) is 6.74. The minimum absolute atomic E-state index is 0.209. The van der Waals surface area contributed by atoms with Gasteiger partial charge in [0.15, 0.2) is 0 Å². The van der Waals surface area contributed by atoms with Crippen LogP contribution in [-0.4, -0.2) is 30.5 Å². The number of amides is 1. The Labute approximate surface area is 149 Å². The zero-order valence-electron chi connectivity index (χ0n) is 14.5. The van der Waals surface area contributed by atoms with E-state index in [1.54, 1.807) is 6.07 Å². The van der Waals surface area contributed by atoms with Crippen LogP contribution in [0.2, 0.25) is 0 Å². The third-order valence-corrected chi connectivity index (χ3v) is 4.92. The smallest absolute Gasteiger partial charge is 0.293 e. The fraction of sp³-hybridized carbons (Fsp3) is 0.471. The van der Waals surface area contributed by atoms with Crippen LogP contribution < -0.4 is 10.9 Å². The number of fused-ring (bicyclic) bond motifs is 1. The van der Waals surface area contributed by atoms with E-state index in [0.29, 0.717) is 17.3 Å². The summed E-state index contributed by atoms with van der Waals surface area (Å²) in [7, 11) is 0. The maximum absolute atomic E-state index is 12.3. The second-order valence-electron chi connectivity index (χ2n) is 6.66. The molecule has 0 saturated heterocycles. The Bertz CT molecular complexity index is 996. The molecule has 1 aliphatic rings. The van der Waals surface area contributed by atoms with Crippen molar-refractivity contribution in [3.05, 3.63) is 40.2 Å². The third kappa shape index (κ3) is 3.00. The third-order valence-electron chi connectivity index (χ3n) is 4.92. The van der Waals surface area contributed by atoms with Crippen LogP contribution >= 0.6 is 0 Å². The fourth-order valence-electron chi connectivity index (χ4n) is 3.51. The number of rotatable bonds is 4. The molecular weight excluding hydrogens is 336 g/mol. The van der Waals surface area contributed by atoms with Crippen LogP contribution in [0, 0.1) is 6.92 Å². The van der Waals surface area contributed by atoms with Crippen molar-refractivity contribution in [1.29, 1.82) is 0 Å². The van der Waals surface area contributed by atoms with E-state index in [9.17, 15) is 9.59 Å². The van der Waals surface area contributed by atoms with Gasteiger partial charge in [0.1, 0.15) is 18.4 Å². The van der Waals surface area contributed by atoms with Gasteiger partial charge in [-0.15, -0.1) is 0 Å². The quantitative estimate of drug-likeness (QED) is 0.765. The highest BCUT2D eigenvalue weighted by atomic mass is 16.5. The van der Waals surface area contributed by atoms with Gasteiger partial charge < -0.3 is 4.52 Å². The lowest BCUT2D eigenvalue weighted by atomic mass is 9.86. The van der Waals surface area contributed by atoms with Crippen molar-refractivity contribution in [2.45, 2.75) is 51.5 Å². The number of nitrogens with zero attached hydrogens (tertiary/aromatic N) is 5. The number of anilines is 1. The van der Waals surface area contributed by atoms with E-state index in [4.69, 9.17) is 4.52 Å². The Morgan fingerprint density at radius 1 is 1.31 bits per heavy atom. The minimum Gasteiger partial charge on any atom is -0.338 e. The number of nitrogens with one attached hydrogen (secondary N) is 1. The Balaban J connectivity index is 1.48. The molecule has 1 N–H and O–H groups in total. The summed E-state index contributed by atoms with van der Waals surface area (Å²) >= 11 is 0. The molecule has 3 heterocycles. The second-order valence-corrected chi connectivity index (χ2v) is 6.66. The van der Waals surface area contributed by atoms with Crippen LogP contribution in [0.4, 0.5) is 5.88 Å². The number of hydrogen-bond acceptors (Lipinski definition) is 6. The first kappa shape index (κ1) is 16.5. The molecule has 0 unspecified atom stereocenters. The molecule has 0 bridgehead atoms. The summed E-state index contributed by atoms with van der Waals surface area (Å²) in [4.78, 5) is 24.6. The maximum atomic E-state index is 12.3. The molecule has 136 valence electrons. The number of carbonyl (C=O) groups is 1. The lowest BCUT2D eigenvalue weighted by Gasteiger charge is -2.19. The molecule has 26 heavy (non-hydrogen) atoms. The minimum atomic E-state index is -0.391. The molecule has 0 spiro atoms. The van der Waals surface area contributed by atoms with Gasteiger partial charge in [0, 0.05) is 11.5 Å². The van der Waals surface area contributed by atoms with Crippen LogP contribution in [0.25, 0.3) is 5.52 Å². The van der Waals surface area contributed by atoms with Crippen molar-refractivity contribution >= 4 is 17.3 Å². The summed E-state index contributed by atoms with van der Waals surface area (Å²) in [6.07, 6.45) is 8.77. The highest BCUT2D eigenvalue weighted by Crippen LogP contribution is 2.35. The van der Waals surface area contributed by atoms with Gasteiger partial charge >= 0.3 is 0 Å². The largest absolute Gasteiger partial charge is 0.338 e. The molecule has 3 aromatic rings. The van der Waals surface area contributed by atoms with E-state index < -0.39 is 5.91 Å². The highest BCUT2D eigenvalue weighted by Gasteiger charge is 2.24. The van der Waals surface area contributed by atoms with Crippen molar-refractivity contribution in [3.8, 4) is 0 Å². The summed E-state index contributed by atoms with van der Waals surface area (Å²) in [5.74, 6) is 0.346. The van der Waals surface area contributed by atoms with Crippen LogP contribution in [0.15, 0.2) is 27.9 Å². The van der Waals surface area contributed by atoms with Gasteiger partial charge in [-0.2, -0.15) is 10.2 Å². The molecule has 0 radical (unpaired) electrons. The van der Waals surface area contributed by atoms with Crippen molar-refractivity contribution in [3.63, 3.8) is 0 Å². The monoisotopic (exact) mass is 356 g/mol. The standard InChI is InChI=1S/C17H20N6O3/c1-11-15(12-5-3-2-4-6-12)21-26-16(11)20-14(24)9-22-17(25)13-7-8-18-23(13)10-19-22/h7-8,10,12H,2-6,9H2,1H3,(H,20,24). The van der Waals surface area contributed by atoms with E-state index in [1.807, 2.05) is 6.92 Å². The molecule has 1 aliphatic carbocycles. The van der Waals surface area contributed by atoms with Gasteiger partial charge in [0.2, 0.25) is 11.8 Å². The SMILES string of the molecule is Cc1c(C2CCCCC2)noc1NC(=O)Cn1ncn2nccc2c1=O. The summed E-state index contributed by atoms with van der Waals surface area (Å²) in [6.45, 7) is 1.69. The zero-order valence-corrected chi connectivity index (χ0v) is 14.5. The predicted molar refractivity (Wildman–Crippen MR) is 92.9 cm³/mol. The number of hydrogen-bond donors (Lipinski definition) is 1. The highest BCUT2D eigenvalue weighted by molar-refractivity contribution is 5.89. The molecule has 9 nitrogen and oxygen atoms in total. The molecule has 0 aromatic carbocycles. The molecule has 1 fully saturated rings. The van der Waals surface area contributed by atoms with Crippen LogP contribution in [0.5, 0.6) is 0 Å². The summed E-state index contributed by atoms with van der Waals surface area (Å²) < 4.78 is 7.81. The summed E-state index contributed by atoms with van der Waals surface area (Å²) in [5.41, 5.74) is 1.77. The molecule has 0 aliphatic heterocycles. The van der Waals surface area contributed by atoms with E-state index in [-0.39, 0.29) is 12.1 Å². The Hall–Kier alpha value is -2.97. The maximum Gasteiger partial charge on any atom is 0.293 e. The van der Waals surface area contributed by atoms with Crippen LogP contribution in [0.1, 0.15) is 49.3 Å². The van der Waals surface area contributed by atoms with E-state index in [1.165, 1.54) is 36.3 Å². The van der Waals surface area contributed by atoms with E-state index in [0.717, 1.165) is 28.8 Å². The average Bonchev–Trinajstić information content (AvgIpc) is 3.26. The Morgan fingerprint density at radius 3 is 2.92 bits per heavy atom. The lowest BCUT2D eigenvalue weighted by Crippen LogP contribution is -2.30. The van der Waals surface area contributed by atoms with Crippen molar-refractivity contribution in [1.82, 2.24) is 24.6 Å². The molecule has 0 atom stereocenters. The van der Waals surface area contributed by atoms with Gasteiger partial charge in [-0.25, -0.2) is 9.20 Å². The number of aromatic nitrogens is 5. The summed E-state index contributed by atoms with van der Waals surface area (Å²) in [6, 6.07) is 1.58. The topological polar surface area (TPSA) is 107 Å². The molecule has 9 heteroatoms. The Kier molecular flexibility index (Phi) is 4.27. The van der Waals surface area contributed by atoms with Crippen LogP contribution in [-0.2, 0) is 11.3 Å². The molecular formula is C17H20N6O3. The first-order valence-electron chi connectivity index (χ1n) is 8.79. The van der Waals surface area contributed by atoms with Gasteiger partial charge in [-0.3, -0.25) is 14.9 Å². The fourth-order valence-corrected chi connectivity index (χ4v) is 3.51. The lowest BCUT2D eigenvalue weighted by molar-refractivity contribution is -0.117. The predicted octanol–water partition coefficient (Wildman–Crippen LogP) is 1.87. The molecule has 1 saturated carbocycles. The van der Waals surface area contributed by atoms with Gasteiger partial charge in [-0.1, -0.05) is 24.4 Å². The van der Waals surface area contributed by atoms with Crippen molar-refractivity contribution in [2.75, 3.05) is 5.32 Å². The number of carbonyl (C=O) groups excluding carboxylic acids is 1. The van der Waals surface area contributed by atoms with E-state index >= 15 is 0 Å². The first-order chi connectivity index (χ1) is 12.6. The summed E-state index contributed by atoms with van der Waals surface area (Å²) in [5, 5.41) is 14.8. The van der Waals surface area contributed by atoms with Gasteiger partial charge in [-0.05, 0) is 25.8 Å². The zero-order chi connectivity index (χ0) is 18.1. The Morgan fingerprint density at radius 2 is 2.12 bits per heavy atom. The van der Waals surface area contributed by atoms with Crippen LogP contribution in [0.3, 0.4) is 0 Å². The van der Waals surface area contributed by atoms with Crippen molar-refractivity contribution in [2.24, 2.45) is 0 Å². The molecule has 3 aromatic heterocycles. The average molecular weight is 356 g/mol.